The average molecular weight is 190 g/mol. The Labute approximate surface area is 83.0 Å². The minimum Gasteiger partial charge on any atom is -0.396 e. The van der Waals surface area contributed by atoms with Crippen LogP contribution >= 0.6 is 0 Å². The van der Waals surface area contributed by atoms with Crippen LogP contribution in [0.15, 0.2) is 0 Å². The maximum atomic E-state index is 8.43. The summed E-state index contributed by atoms with van der Waals surface area (Å²) in [5, 5.41) is 16.9. The first-order chi connectivity index (χ1) is 5.68. The van der Waals surface area contributed by atoms with Gasteiger partial charge in [0.15, 0.2) is 0 Å². The summed E-state index contributed by atoms with van der Waals surface area (Å²) in [7, 11) is 0. The topological polar surface area (TPSA) is 40.5 Å². The quantitative estimate of drug-likeness (QED) is 0.702. The lowest BCUT2D eigenvalue weighted by atomic mass is 9.94. The Morgan fingerprint density at radius 3 is 1.08 bits per heavy atom. The Balaban J connectivity index is 0. The summed E-state index contributed by atoms with van der Waals surface area (Å²) < 4.78 is 0. The van der Waals surface area contributed by atoms with E-state index < -0.39 is 0 Å². The second-order valence-electron chi connectivity index (χ2n) is 5.39. The summed E-state index contributed by atoms with van der Waals surface area (Å²) >= 11 is 0. The summed E-state index contributed by atoms with van der Waals surface area (Å²) in [6, 6.07) is 0. The fourth-order valence-corrected chi connectivity index (χ4v) is 0.0500. The molecular formula is C11H26O2. The highest BCUT2D eigenvalue weighted by molar-refractivity contribution is 4.62. The van der Waals surface area contributed by atoms with E-state index in [1.165, 1.54) is 6.42 Å². The number of aliphatic hydroxyl groups is 2. The fraction of sp³-hybridized carbons (Fsp3) is 1.00. The monoisotopic (exact) mass is 190 g/mol. The Morgan fingerprint density at radius 1 is 0.846 bits per heavy atom. The van der Waals surface area contributed by atoms with Crippen molar-refractivity contribution >= 4 is 0 Å². The zero-order valence-electron chi connectivity index (χ0n) is 10.0. The number of rotatable bonds is 2. The van der Waals surface area contributed by atoms with Crippen LogP contribution in [0.25, 0.3) is 0 Å². The zero-order valence-corrected chi connectivity index (χ0v) is 10.0. The summed E-state index contributed by atoms with van der Waals surface area (Å²) in [5.74, 6) is 0. The second kappa shape index (κ2) is 6.39. The van der Waals surface area contributed by atoms with Crippen molar-refractivity contribution in [2.45, 2.75) is 48.0 Å². The maximum absolute atomic E-state index is 8.43. The van der Waals surface area contributed by atoms with Crippen LogP contribution in [0.4, 0.5) is 0 Å². The lowest BCUT2D eigenvalue weighted by Gasteiger charge is -2.16. The highest BCUT2D eigenvalue weighted by Gasteiger charge is 2.13. The van der Waals surface area contributed by atoms with Gasteiger partial charge in [-0.2, -0.15) is 0 Å². The van der Waals surface area contributed by atoms with Gasteiger partial charge in [0.25, 0.3) is 0 Å². The number of hydrogen-bond donors (Lipinski definition) is 2. The molecular weight excluding hydrogens is 164 g/mol. The van der Waals surface area contributed by atoms with Crippen molar-refractivity contribution < 1.29 is 10.2 Å². The summed E-state index contributed by atoms with van der Waals surface area (Å²) in [5.41, 5.74) is 0.236. The van der Waals surface area contributed by atoms with E-state index in [1.54, 1.807) is 13.8 Å². The van der Waals surface area contributed by atoms with E-state index in [0.717, 1.165) is 0 Å². The highest BCUT2D eigenvalue weighted by atomic mass is 16.3. The molecule has 0 aromatic heterocycles. The van der Waals surface area contributed by atoms with Crippen LogP contribution in [0.3, 0.4) is 0 Å². The van der Waals surface area contributed by atoms with Crippen LogP contribution in [-0.4, -0.2) is 23.4 Å². The van der Waals surface area contributed by atoms with Crippen molar-refractivity contribution in [3.63, 3.8) is 0 Å². The molecule has 0 aliphatic heterocycles. The number of hydrogen-bond acceptors (Lipinski definition) is 2. The predicted molar refractivity (Wildman–Crippen MR) is 57.7 cm³/mol. The average Bonchev–Trinajstić information content (AvgIpc) is 2.04. The van der Waals surface area contributed by atoms with Gasteiger partial charge in [0, 0.05) is 5.41 Å². The lowest BCUT2D eigenvalue weighted by molar-refractivity contribution is 0.0857. The fourth-order valence-electron chi connectivity index (χ4n) is 0.0500. The second-order valence-corrected chi connectivity index (χ2v) is 5.39. The van der Waals surface area contributed by atoms with Crippen molar-refractivity contribution in [2.24, 2.45) is 10.8 Å². The van der Waals surface area contributed by atoms with E-state index in [-0.39, 0.29) is 18.6 Å². The van der Waals surface area contributed by atoms with Crippen LogP contribution in [0.5, 0.6) is 0 Å². The first-order valence-electron chi connectivity index (χ1n) is 4.90. The molecule has 0 aliphatic rings. The third-order valence-electron chi connectivity index (χ3n) is 1.92. The molecule has 13 heavy (non-hydrogen) atoms. The molecule has 0 saturated carbocycles. The molecule has 2 nitrogen and oxygen atoms in total. The van der Waals surface area contributed by atoms with Crippen LogP contribution in [-0.2, 0) is 0 Å². The van der Waals surface area contributed by atoms with Gasteiger partial charge in [0.1, 0.15) is 0 Å². The molecule has 0 fully saturated rings. The van der Waals surface area contributed by atoms with Crippen LogP contribution in [0, 0.1) is 10.8 Å². The van der Waals surface area contributed by atoms with E-state index in [0.29, 0.717) is 5.41 Å². The Bertz CT molecular complexity index is 106. The first kappa shape index (κ1) is 15.4. The van der Waals surface area contributed by atoms with Gasteiger partial charge in [-0.25, -0.2) is 0 Å². The minimum absolute atomic E-state index is 0.0451. The van der Waals surface area contributed by atoms with E-state index in [2.05, 4.69) is 27.7 Å². The van der Waals surface area contributed by atoms with Crippen LogP contribution < -0.4 is 0 Å². The first-order valence-corrected chi connectivity index (χ1v) is 4.90. The largest absolute Gasteiger partial charge is 0.396 e. The van der Waals surface area contributed by atoms with Crippen LogP contribution in [0.1, 0.15) is 48.0 Å². The molecule has 0 aliphatic carbocycles. The summed E-state index contributed by atoms with van der Waals surface area (Å²) in [6.07, 6.45) is 1.27. The SMILES string of the molecule is CC(C)(CO)CO.CCC(C)(C)C. The zero-order chi connectivity index (χ0) is 11.1. The van der Waals surface area contributed by atoms with E-state index >= 15 is 0 Å². The van der Waals surface area contributed by atoms with Gasteiger partial charge in [-0.3, -0.25) is 0 Å². The molecule has 0 bridgehead atoms. The molecule has 0 heterocycles. The highest BCUT2D eigenvalue weighted by Crippen LogP contribution is 2.16. The molecule has 2 heteroatoms. The van der Waals surface area contributed by atoms with Gasteiger partial charge < -0.3 is 10.2 Å². The minimum atomic E-state index is -0.306. The smallest absolute Gasteiger partial charge is 0.0504 e. The normalized spacial score (nSPS) is 12.0. The molecule has 82 valence electrons. The summed E-state index contributed by atoms with van der Waals surface area (Å²) in [6.45, 7) is 12.6. The van der Waals surface area contributed by atoms with E-state index in [9.17, 15) is 0 Å². The molecule has 0 atom stereocenters. The number of aliphatic hydroxyl groups excluding tert-OH is 2. The predicted octanol–water partition coefficient (Wildman–Crippen LogP) is 2.44. The Hall–Kier alpha value is -0.0800. The van der Waals surface area contributed by atoms with Gasteiger partial charge in [0.05, 0.1) is 13.2 Å². The maximum Gasteiger partial charge on any atom is 0.0504 e. The molecule has 0 unspecified atom stereocenters. The molecule has 0 aromatic carbocycles. The molecule has 0 amide bonds. The van der Waals surface area contributed by atoms with Gasteiger partial charge >= 0.3 is 0 Å². The molecule has 0 saturated heterocycles. The Morgan fingerprint density at radius 2 is 1.08 bits per heavy atom. The van der Waals surface area contributed by atoms with Crippen molar-refractivity contribution in [1.82, 2.24) is 0 Å². The Kier molecular flexibility index (Phi) is 7.56. The van der Waals surface area contributed by atoms with E-state index in [4.69, 9.17) is 10.2 Å². The molecule has 0 rings (SSSR count). The van der Waals surface area contributed by atoms with Crippen molar-refractivity contribution in [3.8, 4) is 0 Å². The summed E-state index contributed by atoms with van der Waals surface area (Å²) in [4.78, 5) is 0. The van der Waals surface area contributed by atoms with Crippen LogP contribution in [0.2, 0.25) is 0 Å². The third kappa shape index (κ3) is 14.7. The van der Waals surface area contributed by atoms with Gasteiger partial charge in [0.2, 0.25) is 0 Å². The van der Waals surface area contributed by atoms with Gasteiger partial charge in [-0.05, 0) is 5.41 Å². The van der Waals surface area contributed by atoms with Gasteiger partial charge in [-0.15, -0.1) is 0 Å². The molecule has 2 N–H and O–H groups in total. The van der Waals surface area contributed by atoms with E-state index in [1.807, 2.05) is 0 Å². The van der Waals surface area contributed by atoms with Crippen molar-refractivity contribution in [3.05, 3.63) is 0 Å². The molecule has 0 aromatic rings. The molecule has 0 radical (unpaired) electrons. The van der Waals surface area contributed by atoms with Gasteiger partial charge in [-0.1, -0.05) is 48.0 Å². The third-order valence-corrected chi connectivity index (χ3v) is 1.92. The van der Waals surface area contributed by atoms with Crippen molar-refractivity contribution in [1.29, 1.82) is 0 Å². The standard InChI is InChI=1S/C6H14.C5H12O2/c1-5-6(2,3)4;1-5(2,3-6)4-7/h5H2,1-4H3;6-7H,3-4H2,1-2H3. The lowest BCUT2D eigenvalue weighted by Crippen LogP contribution is -2.20. The van der Waals surface area contributed by atoms with Crippen molar-refractivity contribution in [2.75, 3.05) is 13.2 Å². The molecule has 0 spiro atoms.